The number of hydrogen-bond donors (Lipinski definition) is 0. The van der Waals surface area contributed by atoms with Crippen molar-refractivity contribution in [3.63, 3.8) is 0 Å². The van der Waals surface area contributed by atoms with Crippen LogP contribution in [-0.4, -0.2) is 9.97 Å². The van der Waals surface area contributed by atoms with E-state index in [4.69, 9.17) is 0 Å². The van der Waals surface area contributed by atoms with Gasteiger partial charge >= 0.3 is 0 Å². The van der Waals surface area contributed by atoms with E-state index in [9.17, 15) is 0 Å². The van der Waals surface area contributed by atoms with Crippen LogP contribution in [0.2, 0.25) is 0 Å². The summed E-state index contributed by atoms with van der Waals surface area (Å²) in [5.74, 6) is 0. The molecule has 2 heterocycles. The second kappa shape index (κ2) is 8.66. The van der Waals surface area contributed by atoms with Crippen molar-refractivity contribution < 1.29 is 0 Å². The van der Waals surface area contributed by atoms with Gasteiger partial charge in [0.2, 0.25) is 0 Å². The molecule has 3 rings (SSSR count). The Bertz CT molecular complexity index is 695. The SMILES string of the molecule is C(=Cc1ccccn1)c1ccc(C=Cc2ccccn2)cc1.Cl. The smallest absolute Gasteiger partial charge is 0.0629 e. The van der Waals surface area contributed by atoms with E-state index in [1.165, 1.54) is 0 Å². The fourth-order valence-electron chi connectivity index (χ4n) is 2.03. The van der Waals surface area contributed by atoms with Gasteiger partial charge in [-0.2, -0.15) is 0 Å². The Labute approximate surface area is 142 Å². The molecule has 0 saturated carbocycles. The summed E-state index contributed by atoms with van der Waals surface area (Å²) in [5.41, 5.74) is 4.23. The van der Waals surface area contributed by atoms with Gasteiger partial charge in [-0.05, 0) is 47.5 Å². The quantitative estimate of drug-likeness (QED) is 0.657. The van der Waals surface area contributed by atoms with Gasteiger partial charge in [0.1, 0.15) is 0 Å². The maximum atomic E-state index is 4.27. The molecule has 0 aliphatic carbocycles. The molecule has 0 fully saturated rings. The monoisotopic (exact) mass is 320 g/mol. The molecule has 3 aromatic rings. The van der Waals surface area contributed by atoms with E-state index in [2.05, 4.69) is 46.4 Å². The summed E-state index contributed by atoms with van der Waals surface area (Å²) >= 11 is 0. The first-order valence-corrected chi connectivity index (χ1v) is 7.18. The van der Waals surface area contributed by atoms with Gasteiger partial charge in [-0.1, -0.05) is 48.6 Å². The first-order chi connectivity index (χ1) is 10.9. The third-order valence-corrected chi connectivity index (χ3v) is 3.21. The van der Waals surface area contributed by atoms with E-state index in [-0.39, 0.29) is 12.4 Å². The highest BCUT2D eigenvalue weighted by molar-refractivity contribution is 5.85. The van der Waals surface area contributed by atoms with Gasteiger partial charge in [0, 0.05) is 12.4 Å². The lowest BCUT2D eigenvalue weighted by molar-refractivity contribution is 1.30. The second-order valence-electron chi connectivity index (χ2n) is 4.84. The zero-order valence-electron chi connectivity index (χ0n) is 12.5. The molecule has 0 atom stereocenters. The van der Waals surface area contributed by atoms with Crippen LogP contribution in [0.5, 0.6) is 0 Å². The van der Waals surface area contributed by atoms with E-state index in [0.29, 0.717) is 0 Å². The van der Waals surface area contributed by atoms with Crippen LogP contribution in [0.15, 0.2) is 73.1 Å². The summed E-state index contributed by atoms with van der Waals surface area (Å²) in [4.78, 5) is 8.54. The molecule has 2 nitrogen and oxygen atoms in total. The standard InChI is InChI=1S/C20H16N2.ClH/c1-3-15-21-19(5-1)13-11-17-7-9-18(10-8-17)12-14-20-6-2-4-16-22-20;/h1-16H;1H. The number of halogens is 1. The fraction of sp³-hybridized carbons (Fsp3) is 0. The van der Waals surface area contributed by atoms with Gasteiger partial charge in [0.05, 0.1) is 11.4 Å². The van der Waals surface area contributed by atoms with Gasteiger partial charge < -0.3 is 0 Å². The zero-order chi connectivity index (χ0) is 15.0. The third-order valence-electron chi connectivity index (χ3n) is 3.21. The Morgan fingerprint density at radius 1 is 0.522 bits per heavy atom. The summed E-state index contributed by atoms with van der Waals surface area (Å²) in [6, 6.07) is 20.2. The van der Waals surface area contributed by atoms with Crippen molar-refractivity contribution >= 4 is 36.7 Å². The lowest BCUT2D eigenvalue weighted by Gasteiger charge is -1.97. The van der Waals surface area contributed by atoms with Crippen molar-refractivity contribution in [2.75, 3.05) is 0 Å². The molecule has 0 amide bonds. The normalized spacial score (nSPS) is 10.8. The molecule has 0 N–H and O–H groups in total. The summed E-state index contributed by atoms with van der Waals surface area (Å²) in [5, 5.41) is 0. The first kappa shape index (κ1) is 16.7. The van der Waals surface area contributed by atoms with E-state index in [1.54, 1.807) is 12.4 Å². The number of benzene rings is 1. The summed E-state index contributed by atoms with van der Waals surface area (Å²) in [6.45, 7) is 0. The fourth-order valence-corrected chi connectivity index (χ4v) is 2.03. The predicted octanol–water partition coefficient (Wildman–Crippen LogP) is 5.24. The van der Waals surface area contributed by atoms with Gasteiger partial charge in [0.25, 0.3) is 0 Å². The van der Waals surface area contributed by atoms with Crippen LogP contribution in [0.4, 0.5) is 0 Å². The van der Waals surface area contributed by atoms with Gasteiger partial charge in [-0.25, -0.2) is 0 Å². The molecule has 23 heavy (non-hydrogen) atoms. The minimum Gasteiger partial charge on any atom is -0.257 e. The van der Waals surface area contributed by atoms with Crippen molar-refractivity contribution in [1.82, 2.24) is 9.97 Å². The highest BCUT2D eigenvalue weighted by Gasteiger charge is 1.91. The number of aromatic nitrogens is 2. The summed E-state index contributed by atoms with van der Waals surface area (Å²) in [7, 11) is 0. The van der Waals surface area contributed by atoms with Crippen LogP contribution in [0.25, 0.3) is 24.3 Å². The molecule has 114 valence electrons. The molecular weight excluding hydrogens is 304 g/mol. The van der Waals surface area contributed by atoms with Crippen LogP contribution in [-0.2, 0) is 0 Å². The molecule has 0 aliphatic rings. The van der Waals surface area contributed by atoms with Gasteiger partial charge in [-0.3, -0.25) is 9.97 Å². The van der Waals surface area contributed by atoms with Crippen LogP contribution >= 0.6 is 12.4 Å². The largest absolute Gasteiger partial charge is 0.257 e. The van der Waals surface area contributed by atoms with Crippen molar-refractivity contribution in [3.05, 3.63) is 95.6 Å². The number of hydrogen-bond acceptors (Lipinski definition) is 2. The third kappa shape index (κ3) is 5.20. The molecule has 0 saturated heterocycles. The van der Waals surface area contributed by atoms with Crippen molar-refractivity contribution in [2.45, 2.75) is 0 Å². The number of rotatable bonds is 4. The molecule has 0 unspecified atom stereocenters. The molecule has 0 spiro atoms. The topological polar surface area (TPSA) is 25.8 Å². The number of nitrogens with zero attached hydrogens (tertiary/aromatic N) is 2. The lowest BCUT2D eigenvalue weighted by atomic mass is 10.1. The first-order valence-electron chi connectivity index (χ1n) is 7.18. The Balaban J connectivity index is 0.00000192. The van der Waals surface area contributed by atoms with Crippen LogP contribution < -0.4 is 0 Å². The lowest BCUT2D eigenvalue weighted by Crippen LogP contribution is -1.79. The Morgan fingerprint density at radius 3 is 1.30 bits per heavy atom. The minimum absolute atomic E-state index is 0. The highest BCUT2D eigenvalue weighted by Crippen LogP contribution is 2.11. The van der Waals surface area contributed by atoms with Crippen molar-refractivity contribution in [2.24, 2.45) is 0 Å². The molecule has 0 radical (unpaired) electrons. The van der Waals surface area contributed by atoms with E-state index < -0.39 is 0 Å². The van der Waals surface area contributed by atoms with Gasteiger partial charge in [-0.15, -0.1) is 12.4 Å². The molecule has 3 heteroatoms. The second-order valence-corrected chi connectivity index (χ2v) is 4.84. The molecule has 0 bridgehead atoms. The van der Waals surface area contributed by atoms with Crippen LogP contribution in [0.3, 0.4) is 0 Å². The minimum atomic E-state index is 0. The number of pyridine rings is 2. The maximum absolute atomic E-state index is 4.27. The summed E-state index contributed by atoms with van der Waals surface area (Å²) < 4.78 is 0. The van der Waals surface area contributed by atoms with E-state index in [1.807, 2.05) is 48.6 Å². The van der Waals surface area contributed by atoms with E-state index in [0.717, 1.165) is 22.5 Å². The van der Waals surface area contributed by atoms with Gasteiger partial charge in [0.15, 0.2) is 0 Å². The summed E-state index contributed by atoms with van der Waals surface area (Å²) in [6.07, 6.45) is 11.7. The highest BCUT2D eigenvalue weighted by atomic mass is 35.5. The van der Waals surface area contributed by atoms with Crippen LogP contribution in [0, 0.1) is 0 Å². The average Bonchev–Trinajstić information content (AvgIpc) is 2.61. The Morgan fingerprint density at radius 2 is 0.957 bits per heavy atom. The molecule has 0 aliphatic heterocycles. The predicted molar refractivity (Wildman–Crippen MR) is 100 cm³/mol. The average molecular weight is 321 g/mol. The Hall–Kier alpha value is -2.71. The Kier molecular flexibility index (Phi) is 6.28. The molecule has 2 aromatic heterocycles. The van der Waals surface area contributed by atoms with Crippen molar-refractivity contribution in [1.29, 1.82) is 0 Å². The van der Waals surface area contributed by atoms with E-state index >= 15 is 0 Å². The molecular formula is C20H17ClN2. The van der Waals surface area contributed by atoms with Crippen molar-refractivity contribution in [3.8, 4) is 0 Å². The maximum Gasteiger partial charge on any atom is 0.0629 e. The van der Waals surface area contributed by atoms with Crippen LogP contribution in [0.1, 0.15) is 22.5 Å². The zero-order valence-corrected chi connectivity index (χ0v) is 13.4. The molecule has 1 aromatic carbocycles.